The van der Waals surface area contributed by atoms with Gasteiger partial charge in [0, 0.05) is 0 Å². The summed E-state index contributed by atoms with van der Waals surface area (Å²) in [5.41, 5.74) is 1.07. The summed E-state index contributed by atoms with van der Waals surface area (Å²) in [7, 11) is 0. The second-order valence-corrected chi connectivity index (χ2v) is 5.16. The van der Waals surface area contributed by atoms with Crippen LogP contribution in [0.3, 0.4) is 0 Å². The lowest BCUT2D eigenvalue weighted by atomic mass is 10.0. The predicted octanol–water partition coefficient (Wildman–Crippen LogP) is 0.717. The fourth-order valence-corrected chi connectivity index (χ4v) is 1.97. The van der Waals surface area contributed by atoms with Crippen LogP contribution in [0.15, 0.2) is 24.3 Å². The quantitative estimate of drug-likeness (QED) is 0.846. The first kappa shape index (κ1) is 15.1. The molecule has 112 valence electrons. The van der Waals surface area contributed by atoms with Gasteiger partial charge in [-0.2, -0.15) is 4.68 Å². The highest BCUT2D eigenvalue weighted by molar-refractivity contribution is 5.97. The molecule has 0 saturated carbocycles. The van der Waals surface area contributed by atoms with Crippen molar-refractivity contribution >= 4 is 5.91 Å². The maximum Gasteiger partial charge on any atom is 0.253 e. The fourth-order valence-electron chi connectivity index (χ4n) is 1.97. The molecule has 1 aromatic carbocycles. The number of benzene rings is 1. The molecular weight excluding hydrogens is 270 g/mol. The number of amides is 1. The molecule has 0 radical (unpaired) electrons. The Morgan fingerprint density at radius 2 is 2.10 bits per heavy atom. The molecule has 0 bridgehead atoms. The molecule has 0 saturated heterocycles. The maximum absolute atomic E-state index is 12.4. The van der Waals surface area contributed by atoms with Crippen molar-refractivity contribution in [3.63, 3.8) is 0 Å². The van der Waals surface area contributed by atoms with Gasteiger partial charge in [-0.1, -0.05) is 26.0 Å². The van der Waals surface area contributed by atoms with Gasteiger partial charge in [0.15, 0.2) is 5.82 Å². The standard InChI is InChI=1S/C14H19N5O2/c1-9(2)12(8-20)15-14(21)11-6-4-5-7-13(11)19-10(3)16-17-18-19/h4-7,9,12,20H,8H2,1-3H3,(H,15,21)/t12-/m1/s1. The minimum Gasteiger partial charge on any atom is -0.394 e. The van der Waals surface area contributed by atoms with Crippen LogP contribution in [0, 0.1) is 12.8 Å². The van der Waals surface area contributed by atoms with Crippen molar-refractivity contribution in [2.75, 3.05) is 6.61 Å². The van der Waals surface area contributed by atoms with Gasteiger partial charge in [-0.25, -0.2) is 0 Å². The minimum absolute atomic E-state index is 0.102. The smallest absolute Gasteiger partial charge is 0.253 e. The minimum atomic E-state index is -0.291. The van der Waals surface area contributed by atoms with Crippen LogP contribution in [0.25, 0.3) is 5.69 Å². The van der Waals surface area contributed by atoms with Crippen molar-refractivity contribution in [1.82, 2.24) is 25.5 Å². The van der Waals surface area contributed by atoms with E-state index >= 15 is 0 Å². The average Bonchev–Trinajstić information content (AvgIpc) is 2.90. The fraction of sp³-hybridized carbons (Fsp3) is 0.429. The number of nitrogens with zero attached hydrogens (tertiary/aromatic N) is 4. The average molecular weight is 289 g/mol. The Morgan fingerprint density at radius 1 is 1.38 bits per heavy atom. The normalized spacial score (nSPS) is 12.4. The number of carbonyl (C=O) groups is 1. The molecule has 1 atom stereocenters. The van der Waals surface area contributed by atoms with Crippen LogP contribution in [0.1, 0.15) is 30.0 Å². The van der Waals surface area contributed by atoms with Gasteiger partial charge in [-0.3, -0.25) is 4.79 Å². The molecule has 0 aliphatic carbocycles. The van der Waals surface area contributed by atoms with Crippen LogP contribution in [0.2, 0.25) is 0 Å². The number of hydrogen-bond donors (Lipinski definition) is 2. The highest BCUT2D eigenvalue weighted by Crippen LogP contribution is 2.15. The lowest BCUT2D eigenvalue weighted by molar-refractivity contribution is 0.0896. The molecule has 7 nitrogen and oxygen atoms in total. The van der Waals surface area contributed by atoms with Gasteiger partial charge >= 0.3 is 0 Å². The van der Waals surface area contributed by atoms with Gasteiger partial charge in [0.1, 0.15) is 0 Å². The summed E-state index contributed by atoms with van der Waals surface area (Å²) in [6.07, 6.45) is 0. The SMILES string of the molecule is Cc1nnnn1-c1ccccc1C(=O)N[C@H](CO)C(C)C. The van der Waals surface area contributed by atoms with Gasteiger partial charge in [0.05, 0.1) is 23.9 Å². The molecule has 0 aliphatic rings. The molecular formula is C14H19N5O2. The summed E-state index contributed by atoms with van der Waals surface area (Å²) in [6, 6.07) is 6.79. The van der Waals surface area contributed by atoms with Gasteiger partial charge in [0.25, 0.3) is 5.91 Å². The zero-order valence-electron chi connectivity index (χ0n) is 12.3. The molecule has 0 fully saturated rings. The third kappa shape index (κ3) is 3.25. The Morgan fingerprint density at radius 3 is 2.67 bits per heavy atom. The summed E-state index contributed by atoms with van der Waals surface area (Å²) >= 11 is 0. The topological polar surface area (TPSA) is 92.9 Å². The number of carbonyl (C=O) groups excluding carboxylic acids is 1. The van der Waals surface area contributed by atoms with E-state index in [1.54, 1.807) is 25.1 Å². The summed E-state index contributed by atoms with van der Waals surface area (Å²) < 4.78 is 1.51. The molecule has 2 rings (SSSR count). The lowest BCUT2D eigenvalue weighted by Gasteiger charge is -2.20. The number of aliphatic hydroxyl groups excluding tert-OH is 1. The van der Waals surface area contributed by atoms with E-state index in [1.165, 1.54) is 4.68 Å². The van der Waals surface area contributed by atoms with E-state index in [4.69, 9.17) is 0 Å². The monoisotopic (exact) mass is 289 g/mol. The number of aryl methyl sites for hydroxylation is 1. The molecule has 1 heterocycles. The Hall–Kier alpha value is -2.28. The number of aliphatic hydroxyl groups is 1. The Labute approximate surface area is 123 Å². The van der Waals surface area contributed by atoms with Crippen LogP contribution in [0.5, 0.6) is 0 Å². The van der Waals surface area contributed by atoms with Crippen molar-refractivity contribution < 1.29 is 9.90 Å². The molecule has 2 aromatic rings. The summed E-state index contributed by atoms with van der Waals surface area (Å²) in [5.74, 6) is 0.479. The number of nitrogens with one attached hydrogen (secondary N) is 1. The second kappa shape index (κ2) is 6.45. The van der Waals surface area contributed by atoms with Gasteiger partial charge in [-0.05, 0) is 35.4 Å². The maximum atomic E-state index is 12.4. The van der Waals surface area contributed by atoms with E-state index in [1.807, 2.05) is 19.9 Å². The molecule has 0 unspecified atom stereocenters. The van der Waals surface area contributed by atoms with E-state index in [2.05, 4.69) is 20.8 Å². The van der Waals surface area contributed by atoms with Crippen LogP contribution < -0.4 is 5.32 Å². The molecule has 21 heavy (non-hydrogen) atoms. The predicted molar refractivity (Wildman–Crippen MR) is 77.1 cm³/mol. The van der Waals surface area contributed by atoms with Crippen LogP contribution >= 0.6 is 0 Å². The third-order valence-corrected chi connectivity index (χ3v) is 3.32. The zero-order valence-corrected chi connectivity index (χ0v) is 12.3. The van der Waals surface area contributed by atoms with Crippen molar-refractivity contribution in [2.24, 2.45) is 5.92 Å². The summed E-state index contributed by atoms with van der Waals surface area (Å²) in [6.45, 7) is 5.55. The summed E-state index contributed by atoms with van der Waals surface area (Å²) in [5, 5.41) is 23.5. The Balaban J connectivity index is 2.32. The molecule has 0 aliphatic heterocycles. The Kier molecular flexibility index (Phi) is 4.64. The largest absolute Gasteiger partial charge is 0.394 e. The first-order valence-electron chi connectivity index (χ1n) is 6.80. The number of hydrogen-bond acceptors (Lipinski definition) is 5. The molecule has 7 heteroatoms. The molecule has 2 N–H and O–H groups in total. The summed E-state index contributed by atoms with van der Waals surface area (Å²) in [4.78, 5) is 12.4. The van der Waals surface area contributed by atoms with Gasteiger partial charge in [0.2, 0.25) is 0 Å². The van der Waals surface area contributed by atoms with E-state index in [0.29, 0.717) is 17.1 Å². The third-order valence-electron chi connectivity index (χ3n) is 3.32. The van der Waals surface area contributed by atoms with Gasteiger partial charge < -0.3 is 10.4 Å². The molecule has 1 aromatic heterocycles. The van der Waals surface area contributed by atoms with Gasteiger partial charge in [-0.15, -0.1) is 5.10 Å². The zero-order chi connectivity index (χ0) is 15.4. The molecule has 0 spiro atoms. The van der Waals surface area contributed by atoms with Crippen LogP contribution in [-0.4, -0.2) is 43.9 Å². The second-order valence-electron chi connectivity index (χ2n) is 5.16. The highest BCUT2D eigenvalue weighted by atomic mass is 16.3. The van der Waals surface area contributed by atoms with Crippen molar-refractivity contribution in [2.45, 2.75) is 26.8 Å². The highest BCUT2D eigenvalue weighted by Gasteiger charge is 2.19. The first-order chi connectivity index (χ1) is 10.0. The van der Waals surface area contributed by atoms with E-state index in [0.717, 1.165) is 0 Å². The van der Waals surface area contributed by atoms with Crippen molar-refractivity contribution in [3.8, 4) is 5.69 Å². The number of tetrazole rings is 1. The Bertz CT molecular complexity index is 623. The molecule has 1 amide bonds. The first-order valence-corrected chi connectivity index (χ1v) is 6.80. The van der Waals surface area contributed by atoms with Crippen LogP contribution in [0.4, 0.5) is 0 Å². The number of rotatable bonds is 5. The van der Waals surface area contributed by atoms with Crippen molar-refractivity contribution in [1.29, 1.82) is 0 Å². The number of para-hydroxylation sites is 1. The number of aromatic nitrogens is 4. The van der Waals surface area contributed by atoms with Crippen LogP contribution in [-0.2, 0) is 0 Å². The van der Waals surface area contributed by atoms with Crippen molar-refractivity contribution in [3.05, 3.63) is 35.7 Å². The van der Waals surface area contributed by atoms with E-state index < -0.39 is 0 Å². The lowest BCUT2D eigenvalue weighted by Crippen LogP contribution is -2.41. The van der Waals surface area contributed by atoms with E-state index in [9.17, 15) is 9.90 Å². The van der Waals surface area contributed by atoms with E-state index in [-0.39, 0.29) is 24.5 Å².